The number of halogens is 3. The highest BCUT2D eigenvalue weighted by Crippen LogP contribution is 2.30. The summed E-state index contributed by atoms with van der Waals surface area (Å²) in [5.41, 5.74) is 3.74. The van der Waals surface area contributed by atoms with Crippen molar-refractivity contribution in [1.29, 1.82) is 0 Å². The first kappa shape index (κ1) is 19.4. The van der Waals surface area contributed by atoms with E-state index < -0.39 is 3.79 Å². The SMILES string of the molecule is CC(=CCOc1cccc(C)c1C)CCC=CCC(Cl)(Cl)Cl. The minimum atomic E-state index is -1.19. The quantitative estimate of drug-likeness (QED) is 0.386. The number of rotatable bonds is 7. The number of benzene rings is 1. The molecule has 0 fully saturated rings. The van der Waals surface area contributed by atoms with Gasteiger partial charge in [0.05, 0.1) is 0 Å². The van der Waals surface area contributed by atoms with Gasteiger partial charge in [0.1, 0.15) is 12.4 Å². The van der Waals surface area contributed by atoms with Gasteiger partial charge in [-0.25, -0.2) is 0 Å². The Hall–Kier alpha value is -0.630. The van der Waals surface area contributed by atoms with Crippen LogP contribution in [-0.2, 0) is 0 Å². The molecule has 0 bridgehead atoms. The highest BCUT2D eigenvalue weighted by atomic mass is 35.6. The summed E-state index contributed by atoms with van der Waals surface area (Å²) in [5.74, 6) is 0.951. The summed E-state index contributed by atoms with van der Waals surface area (Å²) < 4.78 is 4.62. The van der Waals surface area contributed by atoms with Crippen molar-refractivity contribution in [2.75, 3.05) is 6.61 Å². The van der Waals surface area contributed by atoms with Crippen molar-refractivity contribution < 1.29 is 4.74 Å². The lowest BCUT2D eigenvalue weighted by Crippen LogP contribution is -1.98. The molecule has 1 nitrogen and oxygen atoms in total. The third kappa shape index (κ3) is 8.12. The van der Waals surface area contributed by atoms with Crippen LogP contribution in [0.25, 0.3) is 0 Å². The van der Waals surface area contributed by atoms with Gasteiger partial charge in [-0.15, -0.1) is 0 Å². The van der Waals surface area contributed by atoms with Gasteiger partial charge in [0.25, 0.3) is 0 Å². The molecule has 0 aromatic heterocycles. The van der Waals surface area contributed by atoms with Crippen LogP contribution in [0.3, 0.4) is 0 Å². The summed E-state index contributed by atoms with van der Waals surface area (Å²) in [7, 11) is 0. The summed E-state index contributed by atoms with van der Waals surface area (Å²) in [4.78, 5) is 0. The van der Waals surface area contributed by atoms with Crippen LogP contribution >= 0.6 is 34.8 Å². The molecule has 0 saturated carbocycles. The van der Waals surface area contributed by atoms with E-state index in [-0.39, 0.29) is 0 Å². The molecule has 1 rings (SSSR count). The number of hydrogen-bond acceptors (Lipinski definition) is 1. The Kier molecular flexibility index (Phi) is 8.38. The lowest BCUT2D eigenvalue weighted by atomic mass is 10.1. The molecule has 0 amide bonds. The predicted octanol–water partition coefficient (Wildman–Crippen LogP) is 6.73. The van der Waals surface area contributed by atoms with E-state index in [0.717, 1.165) is 18.6 Å². The highest BCUT2D eigenvalue weighted by molar-refractivity contribution is 6.67. The largest absolute Gasteiger partial charge is 0.489 e. The topological polar surface area (TPSA) is 9.23 Å². The highest BCUT2D eigenvalue weighted by Gasteiger charge is 2.16. The lowest BCUT2D eigenvalue weighted by Gasteiger charge is -2.09. The van der Waals surface area contributed by atoms with Crippen molar-refractivity contribution in [3.05, 3.63) is 53.1 Å². The van der Waals surface area contributed by atoms with Gasteiger partial charge in [0.2, 0.25) is 0 Å². The molecule has 22 heavy (non-hydrogen) atoms. The number of hydrogen-bond donors (Lipinski definition) is 0. The second kappa shape index (κ2) is 9.50. The minimum absolute atomic E-state index is 0.441. The van der Waals surface area contributed by atoms with Crippen molar-refractivity contribution in [3.8, 4) is 5.75 Å². The molecule has 0 aliphatic heterocycles. The summed E-state index contributed by atoms with van der Waals surface area (Å²) in [6.45, 7) is 6.87. The summed E-state index contributed by atoms with van der Waals surface area (Å²) in [6.07, 6.45) is 8.43. The second-order valence-electron chi connectivity index (χ2n) is 5.39. The van der Waals surface area contributed by atoms with Crippen molar-refractivity contribution in [1.82, 2.24) is 0 Å². The average molecular weight is 362 g/mol. The molecule has 0 spiro atoms. The molecule has 0 radical (unpaired) electrons. The van der Waals surface area contributed by atoms with Gasteiger partial charge in [0, 0.05) is 6.42 Å². The van der Waals surface area contributed by atoms with Crippen molar-refractivity contribution >= 4 is 34.8 Å². The zero-order valence-corrected chi connectivity index (χ0v) is 15.6. The van der Waals surface area contributed by atoms with Crippen LogP contribution in [0.2, 0.25) is 0 Å². The Bertz CT molecular complexity index is 528. The van der Waals surface area contributed by atoms with E-state index in [1.165, 1.54) is 16.7 Å². The number of aryl methyl sites for hydroxylation is 1. The first-order valence-corrected chi connectivity index (χ1v) is 8.49. The molecule has 0 atom stereocenters. The average Bonchev–Trinajstić information content (AvgIpc) is 2.42. The van der Waals surface area contributed by atoms with E-state index in [1.807, 2.05) is 24.3 Å². The Morgan fingerprint density at radius 1 is 1.18 bits per heavy atom. The molecule has 1 aromatic carbocycles. The van der Waals surface area contributed by atoms with Gasteiger partial charge in [-0.3, -0.25) is 0 Å². The van der Waals surface area contributed by atoms with Gasteiger partial charge in [-0.05, 0) is 56.9 Å². The Morgan fingerprint density at radius 3 is 2.59 bits per heavy atom. The van der Waals surface area contributed by atoms with Crippen LogP contribution in [-0.4, -0.2) is 10.4 Å². The molecular formula is C18H23Cl3O. The third-order valence-corrected chi connectivity index (χ3v) is 3.91. The van der Waals surface area contributed by atoms with E-state index in [1.54, 1.807) is 0 Å². The molecule has 0 N–H and O–H groups in total. The zero-order chi connectivity index (χ0) is 16.6. The monoisotopic (exact) mass is 360 g/mol. The van der Waals surface area contributed by atoms with E-state index in [9.17, 15) is 0 Å². The normalized spacial score (nSPS) is 12.9. The van der Waals surface area contributed by atoms with Crippen LogP contribution in [0.5, 0.6) is 5.75 Å². The van der Waals surface area contributed by atoms with Crippen LogP contribution < -0.4 is 4.74 Å². The van der Waals surface area contributed by atoms with E-state index in [4.69, 9.17) is 39.5 Å². The van der Waals surface area contributed by atoms with E-state index in [2.05, 4.69) is 32.9 Å². The Labute approximate surface area is 148 Å². The second-order valence-corrected chi connectivity index (χ2v) is 7.90. The first-order chi connectivity index (χ1) is 10.3. The molecular weight excluding hydrogens is 339 g/mol. The lowest BCUT2D eigenvalue weighted by molar-refractivity contribution is 0.359. The van der Waals surface area contributed by atoms with Crippen molar-refractivity contribution in [3.63, 3.8) is 0 Å². The van der Waals surface area contributed by atoms with Gasteiger partial charge in [-0.2, -0.15) is 0 Å². The zero-order valence-electron chi connectivity index (χ0n) is 13.3. The van der Waals surface area contributed by atoms with Crippen molar-refractivity contribution in [2.24, 2.45) is 0 Å². The fourth-order valence-corrected chi connectivity index (χ4v) is 2.17. The molecule has 122 valence electrons. The minimum Gasteiger partial charge on any atom is -0.489 e. The van der Waals surface area contributed by atoms with Gasteiger partial charge in [-0.1, -0.05) is 64.7 Å². The Morgan fingerprint density at radius 2 is 1.91 bits per heavy atom. The third-order valence-electron chi connectivity index (χ3n) is 3.45. The fourth-order valence-electron chi connectivity index (χ4n) is 1.90. The predicted molar refractivity (Wildman–Crippen MR) is 98.4 cm³/mol. The first-order valence-electron chi connectivity index (χ1n) is 7.36. The number of ether oxygens (including phenoxy) is 1. The van der Waals surface area contributed by atoms with Crippen LogP contribution in [0.15, 0.2) is 42.0 Å². The molecule has 0 unspecified atom stereocenters. The smallest absolute Gasteiger partial charge is 0.194 e. The van der Waals surface area contributed by atoms with Gasteiger partial charge < -0.3 is 4.74 Å². The van der Waals surface area contributed by atoms with Gasteiger partial charge in [0.15, 0.2) is 3.79 Å². The summed E-state index contributed by atoms with van der Waals surface area (Å²) in [5, 5.41) is 0. The maximum atomic E-state index is 5.81. The van der Waals surface area contributed by atoms with E-state index >= 15 is 0 Å². The molecule has 4 heteroatoms. The molecule has 1 aromatic rings. The molecule has 0 aliphatic carbocycles. The van der Waals surface area contributed by atoms with Crippen LogP contribution in [0.1, 0.15) is 37.3 Å². The standard InChI is InChI=1S/C18H23Cl3O/c1-14(8-5-4-6-12-18(19,20)21)11-13-22-17-10-7-9-15(2)16(17)3/h4,6-7,9-11H,5,8,12-13H2,1-3H3. The van der Waals surface area contributed by atoms with Crippen LogP contribution in [0, 0.1) is 13.8 Å². The maximum absolute atomic E-state index is 5.81. The molecule has 0 heterocycles. The summed E-state index contributed by atoms with van der Waals surface area (Å²) in [6, 6.07) is 6.11. The van der Waals surface area contributed by atoms with Crippen LogP contribution in [0.4, 0.5) is 0 Å². The Balaban J connectivity index is 2.33. The molecule has 0 saturated heterocycles. The molecule has 0 aliphatic rings. The number of alkyl halides is 3. The maximum Gasteiger partial charge on any atom is 0.194 e. The summed E-state index contributed by atoms with van der Waals surface area (Å²) >= 11 is 17.0. The van der Waals surface area contributed by atoms with Gasteiger partial charge >= 0.3 is 0 Å². The number of allylic oxidation sites excluding steroid dienone is 3. The van der Waals surface area contributed by atoms with Crippen molar-refractivity contribution in [2.45, 2.75) is 43.8 Å². The fraction of sp³-hybridized carbons (Fsp3) is 0.444. The van der Waals surface area contributed by atoms with E-state index in [0.29, 0.717) is 13.0 Å².